The van der Waals surface area contributed by atoms with Crippen LogP contribution in [0.2, 0.25) is 0 Å². The molecule has 0 bridgehead atoms. The highest BCUT2D eigenvalue weighted by atomic mass is 16.3. The zero-order valence-corrected chi connectivity index (χ0v) is 27.1. The number of nitrogens with one attached hydrogen (secondary N) is 1. The fraction of sp³-hybridized carbons (Fsp3) is 0.243. The number of phenols is 1. The molecule has 2 aliphatic rings. The second kappa shape index (κ2) is 13.3. The zero-order valence-electron chi connectivity index (χ0n) is 27.1. The molecular formula is C37H38N8O4. The highest BCUT2D eigenvalue weighted by Gasteiger charge is 2.50. The lowest BCUT2D eigenvalue weighted by Gasteiger charge is -2.54. The van der Waals surface area contributed by atoms with Gasteiger partial charge in [-0.1, -0.05) is 72.8 Å². The van der Waals surface area contributed by atoms with Crippen molar-refractivity contribution >= 4 is 34.4 Å². The molecule has 12 nitrogen and oxygen atoms in total. The number of urea groups is 1. The summed E-state index contributed by atoms with van der Waals surface area (Å²) in [7, 11) is 1.71. The number of nitrogen functional groups attached to an aromatic ring is 1. The van der Waals surface area contributed by atoms with Gasteiger partial charge in [-0.3, -0.25) is 14.3 Å². The summed E-state index contributed by atoms with van der Waals surface area (Å²) >= 11 is 0. The third-order valence-corrected chi connectivity index (χ3v) is 9.26. The molecule has 0 spiro atoms. The molecule has 5 aromatic rings. The number of nitrogens with zero attached hydrogens (tertiary/aromatic N) is 6. The second-order valence-electron chi connectivity index (χ2n) is 12.6. The number of piperazine rings is 1. The summed E-state index contributed by atoms with van der Waals surface area (Å²) in [5.74, 6) is -0.334. The van der Waals surface area contributed by atoms with E-state index in [0.717, 1.165) is 33.2 Å². The number of rotatable bonds is 8. The van der Waals surface area contributed by atoms with Crippen molar-refractivity contribution in [2.45, 2.75) is 38.3 Å². The largest absolute Gasteiger partial charge is 0.508 e. The van der Waals surface area contributed by atoms with Crippen LogP contribution in [-0.4, -0.2) is 84.9 Å². The average molecular weight is 659 g/mol. The number of phenolic OH excluding ortho intramolecular Hbond substituents is 1. The molecule has 0 saturated carbocycles. The maximum atomic E-state index is 14.3. The smallest absolute Gasteiger partial charge is 0.334 e. The van der Waals surface area contributed by atoms with Gasteiger partial charge in [-0.15, -0.1) is 0 Å². The molecule has 2 saturated heterocycles. The minimum Gasteiger partial charge on any atom is -0.508 e. The first-order valence-electron chi connectivity index (χ1n) is 16.2. The number of hydrazine groups is 1. The molecule has 4 N–H and O–H groups in total. The molecule has 12 heteroatoms. The molecule has 4 aromatic carbocycles. The van der Waals surface area contributed by atoms with Gasteiger partial charge in [0.2, 0.25) is 11.8 Å². The van der Waals surface area contributed by atoms with Gasteiger partial charge in [0.05, 0.1) is 31.3 Å². The van der Waals surface area contributed by atoms with Gasteiger partial charge >= 0.3 is 6.03 Å². The first kappa shape index (κ1) is 31.7. The highest BCUT2D eigenvalue weighted by molar-refractivity contribution is 5.92. The Morgan fingerprint density at radius 1 is 0.918 bits per heavy atom. The normalized spacial score (nSPS) is 18.2. The molecular weight excluding hydrogens is 620 g/mol. The van der Waals surface area contributed by atoms with Crippen LogP contribution >= 0.6 is 0 Å². The minimum absolute atomic E-state index is 0.0544. The van der Waals surface area contributed by atoms with E-state index in [4.69, 9.17) is 5.73 Å². The number of benzene rings is 4. The van der Waals surface area contributed by atoms with Crippen molar-refractivity contribution in [3.8, 4) is 5.75 Å². The van der Waals surface area contributed by atoms with Gasteiger partial charge < -0.3 is 26.0 Å². The SMILES string of the molecule is CN1CC(=O)N2[C@@H](Cc3ccc(O)cc3)C(=O)N(Cc3ccc4cnn(Cc5ccccc5N)c4c3)C[C@@H]2N1C(=O)NCc1ccccc1. The van der Waals surface area contributed by atoms with Crippen molar-refractivity contribution in [3.05, 3.63) is 126 Å². The number of carbonyl (C=O) groups is 3. The number of anilines is 1. The lowest BCUT2D eigenvalue weighted by molar-refractivity contribution is -0.187. The van der Waals surface area contributed by atoms with E-state index in [1.54, 1.807) is 51.1 Å². The summed E-state index contributed by atoms with van der Waals surface area (Å²) in [6, 6.07) is 28.7. The van der Waals surface area contributed by atoms with Crippen LogP contribution in [0.1, 0.15) is 22.3 Å². The van der Waals surface area contributed by atoms with E-state index in [0.29, 0.717) is 18.8 Å². The summed E-state index contributed by atoms with van der Waals surface area (Å²) in [4.78, 5) is 45.1. The monoisotopic (exact) mass is 658 g/mol. The minimum atomic E-state index is -0.857. The summed E-state index contributed by atoms with van der Waals surface area (Å²) in [5, 5.41) is 21.6. The topological polar surface area (TPSA) is 140 Å². The number of amides is 4. The Hall–Kier alpha value is -5.88. The number of likely N-dealkylation sites (N-methyl/N-ethyl adjacent to an activating group) is 1. The Labute approximate surface area is 283 Å². The van der Waals surface area contributed by atoms with E-state index in [2.05, 4.69) is 10.4 Å². The molecule has 0 radical (unpaired) electrons. The first-order chi connectivity index (χ1) is 23.7. The maximum Gasteiger partial charge on any atom is 0.334 e. The summed E-state index contributed by atoms with van der Waals surface area (Å²) < 4.78 is 1.89. The first-order valence-corrected chi connectivity index (χ1v) is 16.2. The molecule has 4 amide bonds. The number of carbonyl (C=O) groups excluding carboxylic acids is 3. The predicted molar refractivity (Wildman–Crippen MR) is 184 cm³/mol. The molecule has 3 heterocycles. The van der Waals surface area contributed by atoms with Gasteiger partial charge in [-0.25, -0.2) is 14.8 Å². The Morgan fingerprint density at radius 2 is 1.65 bits per heavy atom. The molecule has 49 heavy (non-hydrogen) atoms. The van der Waals surface area contributed by atoms with Crippen LogP contribution in [-0.2, 0) is 35.6 Å². The summed E-state index contributed by atoms with van der Waals surface area (Å²) in [6.07, 6.45) is 1.30. The fourth-order valence-corrected chi connectivity index (χ4v) is 6.76. The van der Waals surface area contributed by atoms with Gasteiger partial charge in [-0.2, -0.15) is 5.10 Å². The second-order valence-corrected chi connectivity index (χ2v) is 12.6. The maximum absolute atomic E-state index is 14.3. The van der Waals surface area contributed by atoms with Gasteiger partial charge in [-0.05, 0) is 46.5 Å². The molecule has 2 atom stereocenters. The number of para-hydroxylation sites is 1. The molecule has 250 valence electrons. The van der Waals surface area contributed by atoms with E-state index in [1.807, 2.05) is 83.7 Å². The highest BCUT2D eigenvalue weighted by Crippen LogP contribution is 2.30. The lowest BCUT2D eigenvalue weighted by Crippen LogP contribution is -2.76. The Morgan fingerprint density at radius 3 is 2.43 bits per heavy atom. The van der Waals surface area contributed by atoms with Crippen LogP contribution in [0.25, 0.3) is 10.9 Å². The van der Waals surface area contributed by atoms with Crippen LogP contribution in [0.3, 0.4) is 0 Å². The van der Waals surface area contributed by atoms with E-state index in [1.165, 1.54) is 0 Å². The van der Waals surface area contributed by atoms with Crippen LogP contribution in [0.4, 0.5) is 10.5 Å². The van der Waals surface area contributed by atoms with Gasteiger partial charge in [0, 0.05) is 37.6 Å². The Balaban J connectivity index is 1.20. The van der Waals surface area contributed by atoms with Crippen molar-refractivity contribution in [2.24, 2.45) is 0 Å². The van der Waals surface area contributed by atoms with E-state index in [-0.39, 0.29) is 49.7 Å². The third-order valence-electron chi connectivity index (χ3n) is 9.26. The lowest BCUT2D eigenvalue weighted by atomic mass is 9.98. The van der Waals surface area contributed by atoms with Crippen LogP contribution in [0.5, 0.6) is 5.75 Å². The Kier molecular flexibility index (Phi) is 8.62. The third kappa shape index (κ3) is 6.50. The fourth-order valence-electron chi connectivity index (χ4n) is 6.76. The van der Waals surface area contributed by atoms with Crippen LogP contribution < -0.4 is 11.1 Å². The molecule has 0 unspecified atom stereocenters. The average Bonchev–Trinajstić information content (AvgIpc) is 3.49. The van der Waals surface area contributed by atoms with E-state index < -0.39 is 12.2 Å². The number of aromatic nitrogens is 2. The standard InChI is InChI=1S/C37H38N8O4/c1-41-24-35(47)44-33(17-25-12-15-30(46)16-13-25)36(48)42(23-34(44)45(41)37(49)39-19-26-7-3-2-4-8-26)21-27-11-14-28-20-40-43(32(28)18-27)22-29-9-5-6-10-31(29)38/h2-16,18,20,33-34,46H,17,19,21-24,38H2,1H3,(H,39,49)/t33-,34-/m0/s1. The molecule has 7 rings (SSSR count). The molecule has 2 aliphatic heterocycles. The molecule has 1 aromatic heterocycles. The summed E-state index contributed by atoms with van der Waals surface area (Å²) in [5.41, 5.74) is 11.4. The van der Waals surface area contributed by atoms with Crippen molar-refractivity contribution in [1.29, 1.82) is 0 Å². The number of fused-ring (bicyclic) bond motifs is 2. The molecule has 0 aliphatic carbocycles. The van der Waals surface area contributed by atoms with Crippen LogP contribution in [0.15, 0.2) is 103 Å². The Bertz CT molecular complexity index is 2000. The van der Waals surface area contributed by atoms with E-state index in [9.17, 15) is 19.5 Å². The number of hydrogen-bond acceptors (Lipinski definition) is 7. The van der Waals surface area contributed by atoms with Crippen molar-refractivity contribution in [3.63, 3.8) is 0 Å². The zero-order chi connectivity index (χ0) is 34.1. The summed E-state index contributed by atoms with van der Waals surface area (Å²) in [6.45, 7) is 1.14. The quantitative estimate of drug-likeness (QED) is 0.217. The van der Waals surface area contributed by atoms with Crippen molar-refractivity contribution in [1.82, 2.24) is 34.9 Å². The number of hydrogen-bond donors (Lipinski definition) is 3. The van der Waals surface area contributed by atoms with Crippen molar-refractivity contribution in [2.75, 3.05) is 25.9 Å². The van der Waals surface area contributed by atoms with Crippen LogP contribution in [0, 0.1) is 0 Å². The van der Waals surface area contributed by atoms with Crippen molar-refractivity contribution < 1.29 is 19.5 Å². The van der Waals surface area contributed by atoms with E-state index >= 15 is 0 Å². The number of aromatic hydroxyl groups is 1. The molecule has 2 fully saturated rings. The predicted octanol–water partition coefficient (Wildman–Crippen LogP) is 3.55. The van der Waals surface area contributed by atoms with Gasteiger partial charge in [0.1, 0.15) is 18.0 Å². The van der Waals surface area contributed by atoms with Gasteiger partial charge in [0.15, 0.2) is 0 Å². The van der Waals surface area contributed by atoms with Gasteiger partial charge in [0.25, 0.3) is 0 Å². The number of nitrogens with two attached hydrogens (primary N) is 1.